The molecule has 2 aliphatic carbocycles. The first-order chi connectivity index (χ1) is 9.17. The van der Waals surface area contributed by atoms with Crippen molar-refractivity contribution in [3.8, 4) is 0 Å². The molecule has 2 fully saturated rings. The number of aliphatic hydroxyl groups is 1. The molecular weight excluding hydrogens is 240 g/mol. The van der Waals surface area contributed by atoms with E-state index in [1.807, 2.05) is 0 Å². The van der Waals surface area contributed by atoms with Crippen LogP contribution in [-0.2, 0) is 4.79 Å². The summed E-state index contributed by atoms with van der Waals surface area (Å²) in [4.78, 5) is 12.3. The van der Waals surface area contributed by atoms with E-state index in [4.69, 9.17) is 10.8 Å². The van der Waals surface area contributed by atoms with Crippen LogP contribution >= 0.6 is 0 Å². The Morgan fingerprint density at radius 1 is 1.37 bits per heavy atom. The maximum absolute atomic E-state index is 12.3. The van der Waals surface area contributed by atoms with E-state index in [0.717, 1.165) is 25.7 Å². The van der Waals surface area contributed by atoms with Crippen LogP contribution in [0, 0.1) is 23.7 Å². The number of carbonyl (C=O) groups excluding carboxylic acids is 1. The Bertz CT molecular complexity index is 301. The third kappa shape index (κ3) is 3.29. The summed E-state index contributed by atoms with van der Waals surface area (Å²) in [5, 5.41) is 12.1. The van der Waals surface area contributed by atoms with Crippen molar-refractivity contribution in [2.75, 3.05) is 13.2 Å². The third-order valence-corrected chi connectivity index (χ3v) is 5.08. The highest BCUT2D eigenvalue weighted by molar-refractivity contribution is 5.80. The van der Waals surface area contributed by atoms with Crippen LogP contribution in [0.2, 0.25) is 0 Å². The van der Waals surface area contributed by atoms with Crippen LogP contribution in [0.3, 0.4) is 0 Å². The number of hydrogen-bond donors (Lipinski definition) is 3. The van der Waals surface area contributed by atoms with Crippen LogP contribution in [0.1, 0.15) is 45.4 Å². The summed E-state index contributed by atoms with van der Waals surface area (Å²) >= 11 is 0. The van der Waals surface area contributed by atoms with Gasteiger partial charge in [0.15, 0.2) is 0 Å². The fourth-order valence-electron chi connectivity index (χ4n) is 4.03. The van der Waals surface area contributed by atoms with Crippen molar-refractivity contribution < 1.29 is 9.90 Å². The van der Waals surface area contributed by atoms with Gasteiger partial charge < -0.3 is 16.2 Å². The maximum Gasteiger partial charge on any atom is 0.224 e. The predicted molar refractivity (Wildman–Crippen MR) is 75.4 cm³/mol. The lowest BCUT2D eigenvalue weighted by Crippen LogP contribution is -2.46. The first kappa shape index (κ1) is 14.8. The molecule has 0 radical (unpaired) electrons. The first-order valence-corrected chi connectivity index (χ1v) is 7.81. The Labute approximate surface area is 116 Å². The number of rotatable bonds is 7. The number of carbonyl (C=O) groups is 1. The zero-order valence-electron chi connectivity index (χ0n) is 12.0. The highest BCUT2D eigenvalue weighted by atomic mass is 16.3. The topological polar surface area (TPSA) is 75.3 Å². The maximum atomic E-state index is 12.3. The molecule has 4 N–H and O–H groups in total. The van der Waals surface area contributed by atoms with Crippen LogP contribution in [0.15, 0.2) is 0 Å². The van der Waals surface area contributed by atoms with E-state index < -0.39 is 0 Å². The van der Waals surface area contributed by atoms with Crippen molar-refractivity contribution in [1.29, 1.82) is 0 Å². The minimum absolute atomic E-state index is 0.0372. The molecular formula is C15H28N2O2. The van der Waals surface area contributed by atoms with Crippen LogP contribution in [0.5, 0.6) is 0 Å². The van der Waals surface area contributed by atoms with Crippen LogP contribution < -0.4 is 11.1 Å². The summed E-state index contributed by atoms with van der Waals surface area (Å²) in [7, 11) is 0. The zero-order valence-corrected chi connectivity index (χ0v) is 12.0. The molecule has 2 bridgehead atoms. The summed E-state index contributed by atoms with van der Waals surface area (Å²) < 4.78 is 0. The summed E-state index contributed by atoms with van der Waals surface area (Å²) in [6, 6.07) is 0.0706. The second-order valence-electron chi connectivity index (χ2n) is 6.35. The lowest BCUT2D eigenvalue weighted by molar-refractivity contribution is -0.127. The minimum atomic E-state index is 0.0372. The minimum Gasteiger partial charge on any atom is -0.396 e. The first-order valence-electron chi connectivity index (χ1n) is 7.81. The van der Waals surface area contributed by atoms with Gasteiger partial charge in [-0.15, -0.1) is 0 Å². The van der Waals surface area contributed by atoms with Gasteiger partial charge in [0, 0.05) is 19.2 Å². The van der Waals surface area contributed by atoms with Gasteiger partial charge in [0.2, 0.25) is 5.91 Å². The smallest absolute Gasteiger partial charge is 0.224 e. The number of nitrogens with two attached hydrogens (primary N) is 1. The molecule has 0 aromatic carbocycles. The van der Waals surface area contributed by atoms with Crippen LogP contribution in [-0.4, -0.2) is 30.2 Å². The number of aliphatic hydroxyl groups excluding tert-OH is 1. The van der Waals surface area contributed by atoms with E-state index >= 15 is 0 Å². The van der Waals surface area contributed by atoms with E-state index in [9.17, 15) is 4.79 Å². The van der Waals surface area contributed by atoms with Crippen LogP contribution in [0.4, 0.5) is 0 Å². The number of fused-ring (bicyclic) bond motifs is 2. The van der Waals surface area contributed by atoms with Crippen LogP contribution in [0.25, 0.3) is 0 Å². The van der Waals surface area contributed by atoms with E-state index in [-0.39, 0.29) is 24.5 Å². The Morgan fingerprint density at radius 3 is 2.68 bits per heavy atom. The van der Waals surface area contributed by atoms with Gasteiger partial charge in [-0.05, 0) is 49.9 Å². The summed E-state index contributed by atoms with van der Waals surface area (Å²) in [5.74, 6) is 1.68. The van der Waals surface area contributed by atoms with Crippen molar-refractivity contribution in [3.05, 3.63) is 0 Å². The lowest BCUT2D eigenvalue weighted by atomic mass is 9.84. The highest BCUT2D eigenvalue weighted by Gasteiger charge is 2.48. The Morgan fingerprint density at radius 2 is 2.11 bits per heavy atom. The third-order valence-electron chi connectivity index (χ3n) is 5.08. The number of nitrogens with one attached hydrogen (secondary N) is 1. The number of hydrogen-bond acceptors (Lipinski definition) is 3. The molecule has 5 atom stereocenters. The Hall–Kier alpha value is -0.610. The molecule has 2 saturated carbocycles. The molecule has 4 nitrogen and oxygen atoms in total. The molecule has 2 aliphatic rings. The van der Waals surface area contributed by atoms with Gasteiger partial charge in [0.05, 0.1) is 5.92 Å². The average Bonchev–Trinajstić information content (AvgIpc) is 2.97. The van der Waals surface area contributed by atoms with Gasteiger partial charge in [-0.2, -0.15) is 0 Å². The molecule has 0 aromatic rings. The molecule has 110 valence electrons. The fourth-order valence-corrected chi connectivity index (χ4v) is 4.03. The fraction of sp³-hybridized carbons (Fsp3) is 0.933. The SMILES string of the molecule is CCCC(CCO)CNC(=O)C1C2CCC(C2)C1N. The van der Waals surface area contributed by atoms with E-state index in [1.165, 1.54) is 12.8 Å². The van der Waals surface area contributed by atoms with Crippen molar-refractivity contribution >= 4 is 5.91 Å². The zero-order chi connectivity index (χ0) is 13.8. The molecule has 5 unspecified atom stereocenters. The summed E-state index contributed by atoms with van der Waals surface area (Å²) in [6.07, 6.45) is 6.45. The monoisotopic (exact) mass is 268 g/mol. The molecule has 0 spiro atoms. The molecule has 0 aromatic heterocycles. The molecule has 0 saturated heterocycles. The second kappa shape index (κ2) is 6.71. The van der Waals surface area contributed by atoms with Crippen molar-refractivity contribution in [2.24, 2.45) is 29.4 Å². The van der Waals surface area contributed by atoms with Gasteiger partial charge in [0.25, 0.3) is 0 Å². The molecule has 0 heterocycles. The molecule has 19 heavy (non-hydrogen) atoms. The van der Waals surface area contributed by atoms with Crippen molar-refractivity contribution in [1.82, 2.24) is 5.32 Å². The van der Waals surface area contributed by atoms with Crippen molar-refractivity contribution in [3.63, 3.8) is 0 Å². The quantitative estimate of drug-likeness (QED) is 0.651. The number of amides is 1. The largest absolute Gasteiger partial charge is 0.396 e. The highest BCUT2D eigenvalue weighted by Crippen LogP contribution is 2.47. The van der Waals surface area contributed by atoms with Crippen molar-refractivity contribution in [2.45, 2.75) is 51.5 Å². The molecule has 1 amide bonds. The summed E-state index contributed by atoms with van der Waals surface area (Å²) in [6.45, 7) is 3.03. The van der Waals surface area contributed by atoms with Gasteiger partial charge >= 0.3 is 0 Å². The van der Waals surface area contributed by atoms with Gasteiger partial charge in [-0.3, -0.25) is 4.79 Å². The van der Waals surface area contributed by atoms with Gasteiger partial charge in [-0.25, -0.2) is 0 Å². The van der Waals surface area contributed by atoms with E-state index in [1.54, 1.807) is 0 Å². The van der Waals surface area contributed by atoms with Gasteiger partial charge in [-0.1, -0.05) is 13.3 Å². The lowest BCUT2D eigenvalue weighted by Gasteiger charge is -2.27. The second-order valence-corrected chi connectivity index (χ2v) is 6.35. The summed E-state index contributed by atoms with van der Waals surface area (Å²) in [5.41, 5.74) is 6.19. The van der Waals surface area contributed by atoms with E-state index in [0.29, 0.717) is 24.3 Å². The van der Waals surface area contributed by atoms with Gasteiger partial charge in [0.1, 0.15) is 0 Å². The van der Waals surface area contributed by atoms with E-state index in [2.05, 4.69) is 12.2 Å². The molecule has 4 heteroatoms. The predicted octanol–water partition coefficient (Wildman–Crippen LogP) is 1.27. The average molecular weight is 268 g/mol. The standard InChI is InChI=1S/C15H28N2O2/c1-2-3-10(6-7-18)9-17-15(19)13-11-4-5-12(8-11)14(13)16/h10-14,18H,2-9,16H2,1H3,(H,17,19). The normalized spacial score (nSPS) is 34.5. The molecule has 0 aliphatic heterocycles. The Balaban J connectivity index is 1.80. The molecule has 2 rings (SSSR count). The Kier molecular flexibility index (Phi) is 5.22.